The molecule has 1 fully saturated rings. The molecule has 1 amide bonds. The fourth-order valence-electron chi connectivity index (χ4n) is 3.17. The van der Waals surface area contributed by atoms with E-state index >= 15 is 0 Å². The van der Waals surface area contributed by atoms with Crippen molar-refractivity contribution in [3.8, 4) is 0 Å². The number of rotatable bonds is 8. The highest BCUT2D eigenvalue weighted by Crippen LogP contribution is 2.31. The molecule has 150 valence electrons. The van der Waals surface area contributed by atoms with Gasteiger partial charge in [0.15, 0.2) is 0 Å². The number of amides is 1. The number of thiophene rings is 1. The molecule has 2 N–H and O–H groups in total. The van der Waals surface area contributed by atoms with E-state index < -0.39 is 12.1 Å². The number of hydrogen-bond donors (Lipinski definition) is 2. The first kappa shape index (κ1) is 20.9. The lowest BCUT2D eigenvalue weighted by molar-refractivity contribution is -0.146. The van der Waals surface area contributed by atoms with Crippen LogP contribution in [0.4, 0.5) is 0 Å². The zero-order valence-corrected chi connectivity index (χ0v) is 17.6. The van der Waals surface area contributed by atoms with Crippen molar-refractivity contribution in [3.05, 3.63) is 58.3 Å². The molecule has 2 aromatic rings. The normalized spacial score (nSPS) is 20.8. The van der Waals surface area contributed by atoms with Gasteiger partial charge in [0.2, 0.25) is 5.91 Å². The summed E-state index contributed by atoms with van der Waals surface area (Å²) in [4.78, 5) is 25.0. The summed E-state index contributed by atoms with van der Waals surface area (Å²) >= 11 is 3.41. The SMILES string of the molecule is CCOC(=O)C(CCc1ccccc1)NC1CSC(c2ccsc2)CNC1=O. The molecule has 3 rings (SSSR count). The first-order valence-electron chi connectivity index (χ1n) is 9.55. The minimum atomic E-state index is -0.505. The van der Waals surface area contributed by atoms with Gasteiger partial charge in [0.1, 0.15) is 6.04 Å². The molecular weight excluding hydrogens is 392 g/mol. The second-order valence-electron chi connectivity index (χ2n) is 6.67. The summed E-state index contributed by atoms with van der Waals surface area (Å²) in [6.45, 7) is 2.73. The fraction of sp³-hybridized carbons (Fsp3) is 0.429. The zero-order valence-electron chi connectivity index (χ0n) is 15.9. The van der Waals surface area contributed by atoms with Gasteiger partial charge in [0, 0.05) is 17.5 Å². The molecule has 0 bridgehead atoms. The summed E-state index contributed by atoms with van der Waals surface area (Å²) in [5, 5.41) is 10.7. The van der Waals surface area contributed by atoms with Crippen molar-refractivity contribution < 1.29 is 14.3 Å². The number of hydrogen-bond acceptors (Lipinski definition) is 6. The van der Waals surface area contributed by atoms with E-state index in [4.69, 9.17) is 4.74 Å². The van der Waals surface area contributed by atoms with E-state index in [-0.39, 0.29) is 17.1 Å². The smallest absolute Gasteiger partial charge is 0.323 e. The van der Waals surface area contributed by atoms with Crippen LogP contribution in [0.25, 0.3) is 0 Å². The molecule has 3 atom stereocenters. The Morgan fingerprint density at radius 3 is 2.86 bits per heavy atom. The van der Waals surface area contributed by atoms with Crippen LogP contribution in [0.5, 0.6) is 0 Å². The Morgan fingerprint density at radius 1 is 1.32 bits per heavy atom. The van der Waals surface area contributed by atoms with Crippen LogP contribution >= 0.6 is 23.1 Å². The van der Waals surface area contributed by atoms with Gasteiger partial charge in [-0.05, 0) is 47.7 Å². The largest absolute Gasteiger partial charge is 0.465 e. The van der Waals surface area contributed by atoms with E-state index in [9.17, 15) is 9.59 Å². The van der Waals surface area contributed by atoms with Crippen LogP contribution < -0.4 is 10.6 Å². The highest BCUT2D eigenvalue weighted by atomic mass is 32.2. The molecule has 0 saturated carbocycles. The Labute approximate surface area is 174 Å². The third kappa shape index (κ3) is 5.83. The van der Waals surface area contributed by atoms with E-state index in [1.54, 1.807) is 30.0 Å². The van der Waals surface area contributed by atoms with E-state index in [0.29, 0.717) is 25.3 Å². The number of esters is 1. The number of carbonyl (C=O) groups is 2. The Bertz CT molecular complexity index is 752. The Kier molecular flexibility index (Phi) is 7.94. The van der Waals surface area contributed by atoms with Crippen molar-refractivity contribution in [3.63, 3.8) is 0 Å². The van der Waals surface area contributed by atoms with Gasteiger partial charge < -0.3 is 10.1 Å². The summed E-state index contributed by atoms with van der Waals surface area (Å²) < 4.78 is 5.24. The van der Waals surface area contributed by atoms with Gasteiger partial charge in [0.05, 0.1) is 12.6 Å². The molecule has 0 radical (unpaired) electrons. The Hall–Kier alpha value is -1.83. The molecule has 1 aliphatic heterocycles. The minimum absolute atomic E-state index is 0.0563. The maximum Gasteiger partial charge on any atom is 0.323 e. The Morgan fingerprint density at radius 2 is 2.14 bits per heavy atom. The molecule has 1 aromatic heterocycles. The van der Waals surface area contributed by atoms with E-state index in [0.717, 1.165) is 12.0 Å². The van der Waals surface area contributed by atoms with Crippen LogP contribution in [0.2, 0.25) is 0 Å². The second-order valence-corrected chi connectivity index (χ2v) is 8.69. The van der Waals surface area contributed by atoms with E-state index in [1.807, 2.05) is 30.3 Å². The number of aryl methyl sites for hydroxylation is 1. The van der Waals surface area contributed by atoms with Crippen molar-refractivity contribution in [2.75, 3.05) is 18.9 Å². The molecule has 3 unspecified atom stereocenters. The first-order chi connectivity index (χ1) is 13.7. The molecule has 5 nitrogen and oxygen atoms in total. The van der Waals surface area contributed by atoms with E-state index in [2.05, 4.69) is 27.5 Å². The predicted molar refractivity (Wildman–Crippen MR) is 115 cm³/mol. The molecule has 7 heteroatoms. The third-order valence-electron chi connectivity index (χ3n) is 4.70. The van der Waals surface area contributed by atoms with E-state index in [1.165, 1.54) is 5.56 Å². The minimum Gasteiger partial charge on any atom is -0.465 e. The Balaban J connectivity index is 1.63. The summed E-state index contributed by atoms with van der Waals surface area (Å²) in [6, 6.07) is 11.2. The van der Waals surface area contributed by atoms with Crippen LogP contribution in [0.3, 0.4) is 0 Å². The van der Waals surface area contributed by atoms with Crippen molar-refractivity contribution in [2.45, 2.75) is 37.1 Å². The average molecular weight is 419 g/mol. The molecule has 0 aliphatic carbocycles. The quantitative estimate of drug-likeness (QED) is 0.645. The monoisotopic (exact) mass is 418 g/mol. The van der Waals surface area contributed by atoms with Crippen LogP contribution in [-0.2, 0) is 20.7 Å². The van der Waals surface area contributed by atoms with Gasteiger partial charge in [-0.25, -0.2) is 0 Å². The summed E-state index contributed by atoms with van der Waals surface area (Å²) in [5.74, 6) is 0.266. The fourth-order valence-corrected chi connectivity index (χ4v) is 5.18. The molecular formula is C21H26N2O3S2. The predicted octanol–water partition coefficient (Wildman–Crippen LogP) is 3.17. The summed E-state index contributed by atoms with van der Waals surface area (Å²) in [7, 11) is 0. The lowest BCUT2D eigenvalue weighted by atomic mass is 10.0. The van der Waals surface area contributed by atoms with Crippen molar-refractivity contribution in [1.29, 1.82) is 0 Å². The van der Waals surface area contributed by atoms with Crippen molar-refractivity contribution in [1.82, 2.24) is 10.6 Å². The summed E-state index contributed by atoms with van der Waals surface area (Å²) in [6.07, 6.45) is 1.33. The topological polar surface area (TPSA) is 67.4 Å². The summed E-state index contributed by atoms with van der Waals surface area (Å²) in [5.41, 5.74) is 2.40. The van der Waals surface area contributed by atoms with Crippen LogP contribution in [0.15, 0.2) is 47.2 Å². The maximum atomic E-state index is 12.6. The molecule has 2 heterocycles. The molecule has 1 saturated heterocycles. The first-order valence-corrected chi connectivity index (χ1v) is 11.5. The highest BCUT2D eigenvalue weighted by Gasteiger charge is 2.31. The van der Waals surface area contributed by atoms with Gasteiger partial charge >= 0.3 is 5.97 Å². The lowest BCUT2D eigenvalue weighted by Crippen LogP contribution is -2.52. The van der Waals surface area contributed by atoms with Crippen molar-refractivity contribution in [2.24, 2.45) is 0 Å². The maximum absolute atomic E-state index is 12.6. The molecule has 1 aromatic carbocycles. The number of nitrogens with one attached hydrogen (secondary N) is 2. The van der Waals surface area contributed by atoms with Gasteiger partial charge in [0.25, 0.3) is 0 Å². The number of benzene rings is 1. The van der Waals surface area contributed by atoms with Gasteiger partial charge in [-0.2, -0.15) is 11.3 Å². The van der Waals surface area contributed by atoms with Gasteiger partial charge in [-0.1, -0.05) is 30.3 Å². The standard InChI is InChI=1S/C21H26N2O3S2/c1-2-26-21(25)17(9-8-15-6-4-3-5-7-15)23-18-14-28-19(12-22-20(18)24)16-10-11-27-13-16/h3-7,10-11,13,17-19,23H,2,8-9,12,14H2,1H3,(H,22,24). The number of ether oxygens (including phenoxy) is 1. The van der Waals surface area contributed by atoms with Crippen LogP contribution in [0, 0.1) is 0 Å². The van der Waals surface area contributed by atoms with Crippen LogP contribution in [0.1, 0.15) is 29.7 Å². The van der Waals surface area contributed by atoms with Gasteiger partial charge in [-0.15, -0.1) is 11.8 Å². The highest BCUT2D eigenvalue weighted by molar-refractivity contribution is 7.99. The molecule has 28 heavy (non-hydrogen) atoms. The van der Waals surface area contributed by atoms with Gasteiger partial charge in [-0.3, -0.25) is 14.9 Å². The third-order valence-corrected chi connectivity index (χ3v) is 6.76. The average Bonchev–Trinajstić information content (AvgIpc) is 3.18. The van der Waals surface area contributed by atoms with Crippen molar-refractivity contribution >= 4 is 35.0 Å². The second kappa shape index (κ2) is 10.6. The van der Waals surface area contributed by atoms with Crippen LogP contribution in [-0.4, -0.2) is 42.9 Å². The lowest BCUT2D eigenvalue weighted by Gasteiger charge is -2.22. The number of thioether (sulfide) groups is 1. The molecule has 1 aliphatic rings. The zero-order chi connectivity index (χ0) is 19.8. The molecule has 0 spiro atoms. The number of carbonyl (C=O) groups excluding carboxylic acids is 2.